The Morgan fingerprint density at radius 3 is 2.50 bits per heavy atom. The van der Waals surface area contributed by atoms with E-state index in [0.717, 1.165) is 3.39 Å². The van der Waals surface area contributed by atoms with E-state index >= 15 is 0 Å². The van der Waals surface area contributed by atoms with Crippen molar-refractivity contribution in [2.75, 3.05) is 0 Å². The second-order valence-corrected chi connectivity index (χ2v) is 9.15. The molecule has 1 heterocycles. The van der Waals surface area contributed by atoms with Crippen LogP contribution in [0.25, 0.3) is 0 Å². The van der Waals surface area contributed by atoms with Gasteiger partial charge in [0.15, 0.2) is 0 Å². The average Bonchev–Trinajstić information content (AvgIpc) is 2.66. The number of pyridine rings is 1. The molecule has 0 spiro atoms. The molecule has 0 fully saturated rings. The number of terminal acetylenes is 1. The van der Waals surface area contributed by atoms with Crippen molar-refractivity contribution in [3.63, 3.8) is 0 Å². The van der Waals surface area contributed by atoms with Crippen LogP contribution >= 0.6 is 31.9 Å². The molecule has 0 radical (unpaired) electrons. The molecule has 0 saturated carbocycles. The molecule has 2 aromatic rings. The molecule has 0 aliphatic carbocycles. The Labute approximate surface area is 182 Å². The third-order valence-electron chi connectivity index (χ3n) is 4.00. The first-order chi connectivity index (χ1) is 13.4. The molecule has 0 aliphatic heterocycles. The first-order valence-corrected chi connectivity index (χ1v) is 10.4. The number of para-hydroxylation sites is 1. The van der Waals surface area contributed by atoms with Crippen LogP contribution in [0.15, 0.2) is 58.0 Å². The van der Waals surface area contributed by atoms with E-state index in [-0.39, 0.29) is 17.8 Å². The largest absolute Gasteiger partial charge is 0.442 e. The summed E-state index contributed by atoms with van der Waals surface area (Å²) in [5, 5.41) is 0. The molecule has 2 unspecified atom stereocenters. The fraction of sp³-hybridized carbons (Fsp3) is 0.273. The number of ether oxygens (including phenoxy) is 2. The van der Waals surface area contributed by atoms with E-state index in [2.05, 4.69) is 42.8 Å². The quantitative estimate of drug-likeness (QED) is 0.307. The average molecular weight is 507 g/mol. The number of allylic oxidation sites excluding steroid dienone is 1. The van der Waals surface area contributed by atoms with Crippen LogP contribution in [0.4, 0.5) is 0 Å². The summed E-state index contributed by atoms with van der Waals surface area (Å²) >= 11 is 6.61. The normalized spacial score (nSPS) is 12.6. The minimum absolute atomic E-state index is 0.0993. The number of carbonyl (C=O) groups excluding carboxylic acids is 1. The zero-order chi connectivity index (χ0) is 20.5. The van der Waals surface area contributed by atoms with Crippen LogP contribution in [0.5, 0.6) is 11.6 Å². The fourth-order valence-corrected chi connectivity index (χ4v) is 2.86. The summed E-state index contributed by atoms with van der Waals surface area (Å²) in [5.41, 5.74) is 0.448. The maximum Gasteiger partial charge on any atom is 0.311 e. The highest BCUT2D eigenvalue weighted by molar-refractivity contribution is 9.28. The molecule has 0 aliphatic rings. The molecule has 28 heavy (non-hydrogen) atoms. The van der Waals surface area contributed by atoms with Gasteiger partial charge in [-0.1, -0.05) is 50.1 Å². The molecule has 146 valence electrons. The lowest BCUT2D eigenvalue weighted by atomic mass is 9.92. The summed E-state index contributed by atoms with van der Waals surface area (Å²) in [6.07, 6.45) is 7.14. The Morgan fingerprint density at radius 2 is 1.89 bits per heavy atom. The number of aromatic nitrogens is 1. The molecule has 0 N–H and O–H groups in total. The molecule has 0 bridgehead atoms. The van der Waals surface area contributed by atoms with Gasteiger partial charge in [0.1, 0.15) is 5.75 Å². The van der Waals surface area contributed by atoms with Crippen molar-refractivity contribution in [2.45, 2.75) is 26.4 Å². The number of carbonyl (C=O) groups is 1. The summed E-state index contributed by atoms with van der Waals surface area (Å²) in [5.74, 6) is 2.97. The summed E-state index contributed by atoms with van der Waals surface area (Å²) in [6.45, 7) is 3.94. The zero-order valence-corrected chi connectivity index (χ0v) is 18.8. The van der Waals surface area contributed by atoms with Crippen molar-refractivity contribution in [3.8, 4) is 24.0 Å². The van der Waals surface area contributed by atoms with Crippen LogP contribution in [0.1, 0.15) is 32.1 Å². The SMILES string of the molecule is C#CC(OC(=O)C(CC=C(Br)Br)C(C)C)c1cccc(Oc2ccccc2)n1. The molecule has 0 saturated heterocycles. The van der Waals surface area contributed by atoms with Gasteiger partial charge < -0.3 is 9.47 Å². The highest BCUT2D eigenvalue weighted by Gasteiger charge is 2.26. The van der Waals surface area contributed by atoms with Gasteiger partial charge in [0.2, 0.25) is 12.0 Å². The van der Waals surface area contributed by atoms with E-state index in [1.807, 2.05) is 50.3 Å². The van der Waals surface area contributed by atoms with E-state index in [1.165, 1.54) is 0 Å². The Morgan fingerprint density at radius 1 is 1.18 bits per heavy atom. The lowest BCUT2D eigenvalue weighted by molar-refractivity contribution is -0.153. The predicted molar refractivity (Wildman–Crippen MR) is 117 cm³/mol. The van der Waals surface area contributed by atoms with E-state index in [0.29, 0.717) is 23.7 Å². The smallest absolute Gasteiger partial charge is 0.311 e. The minimum atomic E-state index is -0.885. The fourth-order valence-electron chi connectivity index (χ4n) is 2.48. The van der Waals surface area contributed by atoms with E-state index in [1.54, 1.807) is 18.2 Å². The molecule has 0 amide bonds. The summed E-state index contributed by atoms with van der Waals surface area (Å²) in [6, 6.07) is 14.5. The van der Waals surface area contributed by atoms with Gasteiger partial charge in [-0.25, -0.2) is 4.98 Å². The molecule has 2 atom stereocenters. The van der Waals surface area contributed by atoms with Gasteiger partial charge in [0.05, 0.1) is 15.0 Å². The third-order valence-corrected chi connectivity index (χ3v) is 4.65. The van der Waals surface area contributed by atoms with Crippen molar-refractivity contribution in [1.82, 2.24) is 4.98 Å². The summed E-state index contributed by atoms with van der Waals surface area (Å²) < 4.78 is 12.1. The van der Waals surface area contributed by atoms with Crippen LogP contribution in [0.3, 0.4) is 0 Å². The molecule has 1 aromatic carbocycles. The number of rotatable bonds is 8. The van der Waals surface area contributed by atoms with Gasteiger partial charge in [-0.3, -0.25) is 4.79 Å². The molecule has 2 rings (SSSR count). The Balaban J connectivity index is 2.14. The number of benzene rings is 1. The van der Waals surface area contributed by atoms with Crippen molar-refractivity contribution in [1.29, 1.82) is 0 Å². The first kappa shape index (κ1) is 22.2. The van der Waals surface area contributed by atoms with E-state index in [4.69, 9.17) is 15.9 Å². The Hall–Kier alpha value is -2.10. The van der Waals surface area contributed by atoms with Crippen LogP contribution in [-0.4, -0.2) is 11.0 Å². The summed E-state index contributed by atoms with van der Waals surface area (Å²) in [4.78, 5) is 17.1. The molecule has 6 heteroatoms. The monoisotopic (exact) mass is 505 g/mol. The number of esters is 1. The zero-order valence-electron chi connectivity index (χ0n) is 15.6. The van der Waals surface area contributed by atoms with Gasteiger partial charge in [0.25, 0.3) is 0 Å². The number of hydrogen-bond donors (Lipinski definition) is 0. The van der Waals surface area contributed by atoms with Gasteiger partial charge >= 0.3 is 5.97 Å². The van der Waals surface area contributed by atoms with Crippen molar-refractivity contribution in [2.24, 2.45) is 11.8 Å². The maximum absolute atomic E-state index is 12.7. The number of hydrogen-bond acceptors (Lipinski definition) is 4. The molecular weight excluding hydrogens is 486 g/mol. The van der Waals surface area contributed by atoms with Crippen LogP contribution in [0, 0.1) is 24.2 Å². The standard InChI is InChI=1S/C22H21Br2NO3/c1-4-19(28-22(26)17(15(2)3)13-14-20(23)24)18-11-8-12-21(25-18)27-16-9-6-5-7-10-16/h1,5-12,14-15,17,19H,13H2,2-3H3. The summed E-state index contributed by atoms with van der Waals surface area (Å²) in [7, 11) is 0. The highest BCUT2D eigenvalue weighted by atomic mass is 79.9. The van der Waals surface area contributed by atoms with Crippen LogP contribution in [0.2, 0.25) is 0 Å². The predicted octanol–water partition coefficient (Wildman–Crippen LogP) is 6.38. The second-order valence-electron chi connectivity index (χ2n) is 6.38. The highest BCUT2D eigenvalue weighted by Crippen LogP contribution is 2.26. The van der Waals surface area contributed by atoms with Crippen LogP contribution in [-0.2, 0) is 9.53 Å². The first-order valence-electron chi connectivity index (χ1n) is 8.78. The van der Waals surface area contributed by atoms with Crippen LogP contribution < -0.4 is 4.74 Å². The Bertz CT molecular complexity index is 856. The van der Waals surface area contributed by atoms with Gasteiger partial charge in [-0.05, 0) is 62.4 Å². The van der Waals surface area contributed by atoms with Gasteiger partial charge in [0, 0.05) is 6.07 Å². The van der Waals surface area contributed by atoms with E-state index < -0.39 is 6.10 Å². The number of halogens is 2. The van der Waals surface area contributed by atoms with Crippen molar-refractivity contribution >= 4 is 37.8 Å². The lowest BCUT2D eigenvalue weighted by Crippen LogP contribution is -2.24. The molecule has 4 nitrogen and oxygen atoms in total. The molecular formula is C22H21Br2NO3. The number of nitrogens with zero attached hydrogens (tertiary/aromatic N) is 1. The second kappa shape index (κ2) is 11.0. The maximum atomic E-state index is 12.7. The van der Waals surface area contributed by atoms with Gasteiger partial charge in [-0.15, -0.1) is 6.42 Å². The van der Waals surface area contributed by atoms with Gasteiger partial charge in [-0.2, -0.15) is 0 Å². The van der Waals surface area contributed by atoms with E-state index in [9.17, 15) is 4.79 Å². The third kappa shape index (κ3) is 6.81. The van der Waals surface area contributed by atoms with Crippen molar-refractivity contribution in [3.05, 3.63) is 63.7 Å². The minimum Gasteiger partial charge on any atom is -0.442 e. The lowest BCUT2D eigenvalue weighted by Gasteiger charge is -2.20. The molecule has 1 aromatic heterocycles. The topological polar surface area (TPSA) is 48.4 Å². The Kier molecular flexibility index (Phi) is 8.75. The van der Waals surface area contributed by atoms with Crippen molar-refractivity contribution < 1.29 is 14.3 Å².